The molecule has 1 aliphatic rings. The van der Waals surface area contributed by atoms with Gasteiger partial charge in [0.1, 0.15) is 6.04 Å². The fourth-order valence-electron chi connectivity index (χ4n) is 2.47. The van der Waals surface area contributed by atoms with Crippen LogP contribution >= 0.6 is 0 Å². The zero-order valence-corrected chi connectivity index (χ0v) is 11.4. The van der Waals surface area contributed by atoms with E-state index in [1.54, 1.807) is 0 Å². The molecule has 0 aliphatic carbocycles. The summed E-state index contributed by atoms with van der Waals surface area (Å²) >= 11 is 0. The first-order chi connectivity index (χ1) is 9.22. The first-order valence-electron chi connectivity index (χ1n) is 6.96. The van der Waals surface area contributed by atoms with E-state index in [0.29, 0.717) is 26.1 Å². The summed E-state index contributed by atoms with van der Waals surface area (Å²) in [7, 11) is 0. The summed E-state index contributed by atoms with van der Waals surface area (Å²) in [6, 6.07) is 9.73. The van der Waals surface area contributed by atoms with E-state index in [1.807, 2.05) is 30.0 Å². The predicted octanol–water partition coefficient (Wildman–Crippen LogP) is 0.800. The second-order valence-electron chi connectivity index (χ2n) is 4.94. The van der Waals surface area contributed by atoms with Crippen molar-refractivity contribution in [3.63, 3.8) is 0 Å². The molecule has 0 bridgehead atoms. The Kier molecular flexibility index (Phi) is 4.93. The maximum absolute atomic E-state index is 12.3. The summed E-state index contributed by atoms with van der Waals surface area (Å²) in [5.74, 6) is 0.0171. The van der Waals surface area contributed by atoms with E-state index < -0.39 is 12.1 Å². The number of benzene rings is 1. The molecule has 0 radical (unpaired) electrons. The Balaban J connectivity index is 1.91. The largest absolute Gasteiger partial charge is 0.391 e. The summed E-state index contributed by atoms with van der Waals surface area (Å²) in [5.41, 5.74) is 1.23. The minimum absolute atomic E-state index is 0.0171. The summed E-state index contributed by atoms with van der Waals surface area (Å²) in [6.45, 7) is 4.07. The van der Waals surface area contributed by atoms with E-state index in [-0.39, 0.29) is 5.91 Å². The van der Waals surface area contributed by atoms with Gasteiger partial charge in [-0.15, -0.1) is 0 Å². The van der Waals surface area contributed by atoms with Crippen LogP contribution in [-0.2, 0) is 11.2 Å². The smallest absolute Gasteiger partial charge is 0.242 e. The van der Waals surface area contributed by atoms with E-state index >= 15 is 0 Å². The third kappa shape index (κ3) is 3.55. The lowest BCUT2D eigenvalue weighted by atomic mass is 10.1. The van der Waals surface area contributed by atoms with Gasteiger partial charge in [0, 0.05) is 13.1 Å². The average Bonchev–Trinajstić information content (AvgIpc) is 2.86. The highest BCUT2D eigenvalue weighted by molar-refractivity contribution is 5.83. The molecule has 1 fully saturated rings. The number of nitrogens with zero attached hydrogens (tertiary/aromatic N) is 1. The molecule has 2 N–H and O–H groups in total. The quantitative estimate of drug-likeness (QED) is 0.825. The molecular weight excluding hydrogens is 240 g/mol. The number of nitrogens with one attached hydrogen (secondary N) is 1. The van der Waals surface area contributed by atoms with Crippen molar-refractivity contribution >= 4 is 5.91 Å². The van der Waals surface area contributed by atoms with E-state index in [2.05, 4.69) is 17.4 Å². The predicted molar refractivity (Wildman–Crippen MR) is 74.8 cm³/mol. The number of hydrogen-bond donors (Lipinski definition) is 2. The molecule has 0 saturated carbocycles. The number of aliphatic hydroxyl groups excluding tert-OH is 1. The minimum Gasteiger partial charge on any atom is -0.391 e. The van der Waals surface area contributed by atoms with Crippen LogP contribution in [0.3, 0.4) is 0 Å². The highest BCUT2D eigenvalue weighted by Crippen LogP contribution is 2.11. The van der Waals surface area contributed by atoms with Crippen LogP contribution in [0.15, 0.2) is 30.3 Å². The molecule has 104 valence electrons. The van der Waals surface area contributed by atoms with Crippen LogP contribution < -0.4 is 5.32 Å². The van der Waals surface area contributed by atoms with Gasteiger partial charge in [0.05, 0.1) is 6.10 Å². The SMILES string of the molecule is CCN(CCc1ccccc1)C(=O)[C@H]1NCCC1O. The Morgan fingerprint density at radius 2 is 2.16 bits per heavy atom. The lowest BCUT2D eigenvalue weighted by molar-refractivity contribution is -0.135. The van der Waals surface area contributed by atoms with Gasteiger partial charge in [-0.05, 0) is 31.9 Å². The van der Waals surface area contributed by atoms with Gasteiger partial charge in [0.2, 0.25) is 5.91 Å². The lowest BCUT2D eigenvalue weighted by Gasteiger charge is -2.25. The van der Waals surface area contributed by atoms with Crippen LogP contribution in [0.1, 0.15) is 18.9 Å². The van der Waals surface area contributed by atoms with Crippen molar-refractivity contribution in [2.24, 2.45) is 0 Å². The van der Waals surface area contributed by atoms with E-state index in [0.717, 1.165) is 6.42 Å². The molecule has 0 aromatic heterocycles. The summed E-state index contributed by atoms with van der Waals surface area (Å²) in [4.78, 5) is 14.1. The first kappa shape index (κ1) is 14.0. The fraction of sp³-hybridized carbons (Fsp3) is 0.533. The Hall–Kier alpha value is -1.39. The molecule has 1 amide bonds. The van der Waals surface area contributed by atoms with Crippen molar-refractivity contribution in [2.75, 3.05) is 19.6 Å². The number of likely N-dealkylation sites (N-methyl/N-ethyl adjacent to an activating group) is 1. The van der Waals surface area contributed by atoms with Gasteiger partial charge < -0.3 is 15.3 Å². The van der Waals surface area contributed by atoms with E-state index in [4.69, 9.17) is 0 Å². The second-order valence-corrected chi connectivity index (χ2v) is 4.94. The van der Waals surface area contributed by atoms with Gasteiger partial charge in [0.15, 0.2) is 0 Å². The molecule has 1 heterocycles. The molecule has 2 atom stereocenters. The third-order valence-electron chi connectivity index (χ3n) is 3.66. The summed E-state index contributed by atoms with van der Waals surface area (Å²) < 4.78 is 0. The number of carbonyl (C=O) groups is 1. The normalized spacial score (nSPS) is 22.4. The molecule has 1 unspecified atom stereocenters. The minimum atomic E-state index is -0.543. The van der Waals surface area contributed by atoms with Crippen molar-refractivity contribution in [2.45, 2.75) is 31.9 Å². The van der Waals surface area contributed by atoms with Crippen molar-refractivity contribution in [1.29, 1.82) is 0 Å². The van der Waals surface area contributed by atoms with Gasteiger partial charge in [0.25, 0.3) is 0 Å². The molecule has 0 spiro atoms. The van der Waals surface area contributed by atoms with Crippen molar-refractivity contribution in [3.05, 3.63) is 35.9 Å². The summed E-state index contributed by atoms with van der Waals surface area (Å²) in [5, 5.41) is 12.9. The molecule has 1 aliphatic heterocycles. The number of rotatable bonds is 5. The summed E-state index contributed by atoms with van der Waals surface area (Å²) in [6.07, 6.45) is 0.967. The molecule has 4 nitrogen and oxygen atoms in total. The monoisotopic (exact) mass is 262 g/mol. The molecule has 2 rings (SSSR count). The van der Waals surface area contributed by atoms with Crippen LogP contribution in [0.25, 0.3) is 0 Å². The number of hydrogen-bond acceptors (Lipinski definition) is 3. The van der Waals surface area contributed by atoms with Crippen LogP contribution in [0, 0.1) is 0 Å². The van der Waals surface area contributed by atoms with Gasteiger partial charge in [-0.25, -0.2) is 0 Å². The molecule has 4 heteroatoms. The maximum atomic E-state index is 12.3. The maximum Gasteiger partial charge on any atom is 0.242 e. The number of carbonyl (C=O) groups excluding carboxylic acids is 1. The second kappa shape index (κ2) is 6.68. The van der Waals surface area contributed by atoms with Crippen LogP contribution in [0.4, 0.5) is 0 Å². The number of aliphatic hydroxyl groups is 1. The average molecular weight is 262 g/mol. The molecular formula is C15H22N2O2. The first-order valence-corrected chi connectivity index (χ1v) is 6.96. The van der Waals surface area contributed by atoms with Crippen LogP contribution in [0.5, 0.6) is 0 Å². The van der Waals surface area contributed by atoms with Gasteiger partial charge in [-0.2, -0.15) is 0 Å². The molecule has 1 aromatic carbocycles. The highest BCUT2D eigenvalue weighted by Gasteiger charge is 2.33. The topological polar surface area (TPSA) is 52.6 Å². The Morgan fingerprint density at radius 3 is 2.74 bits per heavy atom. The van der Waals surface area contributed by atoms with E-state index in [1.165, 1.54) is 5.56 Å². The van der Waals surface area contributed by atoms with Crippen LogP contribution in [0.2, 0.25) is 0 Å². The van der Waals surface area contributed by atoms with Gasteiger partial charge in [-0.1, -0.05) is 30.3 Å². The highest BCUT2D eigenvalue weighted by atomic mass is 16.3. The van der Waals surface area contributed by atoms with Crippen molar-refractivity contribution in [1.82, 2.24) is 10.2 Å². The van der Waals surface area contributed by atoms with Gasteiger partial charge in [-0.3, -0.25) is 4.79 Å². The third-order valence-corrected chi connectivity index (χ3v) is 3.66. The zero-order chi connectivity index (χ0) is 13.7. The van der Waals surface area contributed by atoms with Crippen molar-refractivity contribution < 1.29 is 9.90 Å². The van der Waals surface area contributed by atoms with Gasteiger partial charge >= 0.3 is 0 Å². The Labute approximate surface area is 114 Å². The van der Waals surface area contributed by atoms with E-state index in [9.17, 15) is 9.90 Å². The zero-order valence-electron chi connectivity index (χ0n) is 11.4. The Morgan fingerprint density at radius 1 is 1.42 bits per heavy atom. The fourth-order valence-corrected chi connectivity index (χ4v) is 2.47. The Bertz CT molecular complexity index is 408. The lowest BCUT2D eigenvalue weighted by Crippen LogP contribution is -2.48. The standard InChI is InChI=1S/C15H22N2O2/c1-2-17(11-9-12-6-4-3-5-7-12)15(19)14-13(18)8-10-16-14/h3-7,13-14,16,18H,2,8-11H2,1H3/t13?,14-/m0/s1. The number of amides is 1. The molecule has 1 saturated heterocycles. The molecule has 19 heavy (non-hydrogen) atoms. The molecule has 1 aromatic rings. The van der Waals surface area contributed by atoms with Crippen LogP contribution in [-0.4, -0.2) is 47.7 Å². The van der Waals surface area contributed by atoms with Crippen molar-refractivity contribution in [3.8, 4) is 0 Å².